The summed E-state index contributed by atoms with van der Waals surface area (Å²) in [5, 5.41) is 9.16. The molecule has 5 heteroatoms. The molecule has 0 aliphatic heterocycles. The SMILES string of the molecule is Oc1ncc(-c2ccncc2Br)s1. The van der Waals surface area contributed by atoms with Gasteiger partial charge in [-0.1, -0.05) is 11.3 Å². The quantitative estimate of drug-likeness (QED) is 0.854. The van der Waals surface area contributed by atoms with E-state index < -0.39 is 0 Å². The minimum absolute atomic E-state index is 0.0821. The normalized spacial score (nSPS) is 10.2. The highest BCUT2D eigenvalue weighted by atomic mass is 79.9. The van der Waals surface area contributed by atoms with E-state index >= 15 is 0 Å². The van der Waals surface area contributed by atoms with Gasteiger partial charge in [0.2, 0.25) is 0 Å². The summed E-state index contributed by atoms with van der Waals surface area (Å²) >= 11 is 4.62. The van der Waals surface area contributed by atoms with E-state index in [9.17, 15) is 0 Å². The summed E-state index contributed by atoms with van der Waals surface area (Å²) in [5.74, 6) is 0. The van der Waals surface area contributed by atoms with Gasteiger partial charge in [0.05, 0.1) is 4.88 Å². The van der Waals surface area contributed by atoms with E-state index in [0.29, 0.717) is 0 Å². The monoisotopic (exact) mass is 256 g/mol. The van der Waals surface area contributed by atoms with Gasteiger partial charge in [-0.05, 0) is 22.0 Å². The minimum atomic E-state index is 0.0821. The molecule has 0 amide bonds. The molecule has 1 N–H and O–H groups in total. The van der Waals surface area contributed by atoms with Crippen LogP contribution in [0.5, 0.6) is 5.19 Å². The standard InChI is InChI=1S/C8H5BrN2OS/c9-6-3-10-2-1-5(6)7-4-11-8(12)13-7/h1-4H,(H,11,12). The Kier molecular flexibility index (Phi) is 2.28. The highest BCUT2D eigenvalue weighted by Gasteiger charge is 2.06. The molecule has 0 saturated carbocycles. The third-order valence-electron chi connectivity index (χ3n) is 1.53. The number of thiazole rings is 1. The van der Waals surface area contributed by atoms with Crippen molar-refractivity contribution in [3.05, 3.63) is 29.1 Å². The van der Waals surface area contributed by atoms with Crippen molar-refractivity contribution in [3.8, 4) is 15.6 Å². The first-order valence-corrected chi connectivity index (χ1v) is 5.13. The van der Waals surface area contributed by atoms with Gasteiger partial charge in [-0.15, -0.1) is 0 Å². The van der Waals surface area contributed by atoms with Crippen LogP contribution < -0.4 is 0 Å². The molecule has 0 unspecified atom stereocenters. The molecule has 2 aromatic heterocycles. The van der Waals surface area contributed by atoms with Gasteiger partial charge >= 0.3 is 0 Å². The fourth-order valence-electron chi connectivity index (χ4n) is 0.964. The van der Waals surface area contributed by atoms with Crippen LogP contribution in [0.3, 0.4) is 0 Å². The van der Waals surface area contributed by atoms with Crippen LogP contribution in [-0.2, 0) is 0 Å². The maximum atomic E-state index is 9.08. The molecule has 2 aromatic rings. The molecule has 0 radical (unpaired) electrons. The second-order valence-corrected chi connectivity index (χ2v) is 4.23. The summed E-state index contributed by atoms with van der Waals surface area (Å²) in [7, 11) is 0. The summed E-state index contributed by atoms with van der Waals surface area (Å²) in [6, 6.07) is 1.87. The van der Waals surface area contributed by atoms with Gasteiger partial charge in [0.1, 0.15) is 0 Å². The van der Waals surface area contributed by atoms with E-state index in [1.165, 1.54) is 11.3 Å². The second kappa shape index (κ2) is 3.43. The van der Waals surface area contributed by atoms with E-state index in [4.69, 9.17) is 5.11 Å². The van der Waals surface area contributed by atoms with E-state index in [0.717, 1.165) is 14.9 Å². The molecule has 0 aromatic carbocycles. The molecule has 0 spiro atoms. The van der Waals surface area contributed by atoms with E-state index in [-0.39, 0.29) is 5.19 Å². The molecule has 13 heavy (non-hydrogen) atoms. The number of halogens is 1. The van der Waals surface area contributed by atoms with Crippen molar-refractivity contribution in [2.75, 3.05) is 0 Å². The fourth-order valence-corrected chi connectivity index (χ4v) is 2.26. The van der Waals surface area contributed by atoms with E-state index in [2.05, 4.69) is 25.9 Å². The lowest BCUT2D eigenvalue weighted by Crippen LogP contribution is -1.76. The van der Waals surface area contributed by atoms with Crippen LogP contribution in [0, 0.1) is 0 Å². The topological polar surface area (TPSA) is 46.0 Å². The van der Waals surface area contributed by atoms with Crippen molar-refractivity contribution in [3.63, 3.8) is 0 Å². The molecule has 0 aliphatic rings. The predicted octanol–water partition coefficient (Wildman–Crippen LogP) is 2.67. The minimum Gasteiger partial charge on any atom is -0.486 e. The number of hydrogen-bond donors (Lipinski definition) is 1. The van der Waals surface area contributed by atoms with Crippen LogP contribution in [-0.4, -0.2) is 15.1 Å². The smallest absolute Gasteiger partial charge is 0.271 e. The second-order valence-electron chi connectivity index (χ2n) is 2.36. The molecule has 0 atom stereocenters. The maximum absolute atomic E-state index is 9.08. The summed E-state index contributed by atoms with van der Waals surface area (Å²) in [6.45, 7) is 0. The van der Waals surface area contributed by atoms with Gasteiger partial charge in [0, 0.05) is 28.6 Å². The number of aromatic nitrogens is 2. The number of hydrogen-bond acceptors (Lipinski definition) is 4. The Bertz CT molecular complexity index is 430. The van der Waals surface area contributed by atoms with Gasteiger partial charge in [-0.2, -0.15) is 0 Å². The number of aromatic hydroxyl groups is 1. The fraction of sp³-hybridized carbons (Fsp3) is 0. The third kappa shape index (κ3) is 1.71. The first-order chi connectivity index (χ1) is 6.27. The van der Waals surface area contributed by atoms with Crippen molar-refractivity contribution in [1.29, 1.82) is 0 Å². The van der Waals surface area contributed by atoms with Gasteiger partial charge in [0.15, 0.2) is 0 Å². The van der Waals surface area contributed by atoms with Gasteiger partial charge in [0.25, 0.3) is 5.19 Å². The average Bonchev–Trinajstić information content (AvgIpc) is 2.53. The summed E-state index contributed by atoms with van der Waals surface area (Å²) in [5.41, 5.74) is 0.993. The van der Waals surface area contributed by atoms with Gasteiger partial charge in [-0.3, -0.25) is 4.98 Å². The lowest BCUT2D eigenvalue weighted by atomic mass is 10.2. The lowest BCUT2D eigenvalue weighted by molar-refractivity contribution is 0.471. The Morgan fingerprint density at radius 1 is 1.38 bits per heavy atom. The summed E-state index contributed by atoms with van der Waals surface area (Å²) in [6.07, 6.45) is 5.06. The van der Waals surface area contributed by atoms with Crippen LogP contribution in [0.1, 0.15) is 0 Å². The summed E-state index contributed by atoms with van der Waals surface area (Å²) < 4.78 is 0.902. The van der Waals surface area contributed by atoms with Crippen molar-refractivity contribution >= 4 is 27.3 Å². The molecular formula is C8H5BrN2OS. The molecule has 3 nitrogen and oxygen atoms in total. The zero-order chi connectivity index (χ0) is 9.26. The Balaban J connectivity index is 2.52. The Morgan fingerprint density at radius 2 is 2.23 bits per heavy atom. The van der Waals surface area contributed by atoms with Crippen molar-refractivity contribution in [1.82, 2.24) is 9.97 Å². The van der Waals surface area contributed by atoms with Crippen LogP contribution >= 0.6 is 27.3 Å². The zero-order valence-electron chi connectivity index (χ0n) is 6.44. The lowest BCUT2D eigenvalue weighted by Gasteiger charge is -1.97. The molecule has 0 saturated heterocycles. The molecule has 0 bridgehead atoms. The molecule has 2 rings (SSSR count). The van der Waals surface area contributed by atoms with Crippen molar-refractivity contribution in [2.45, 2.75) is 0 Å². The first kappa shape index (κ1) is 8.65. The Labute approximate surface area is 87.2 Å². The van der Waals surface area contributed by atoms with Crippen molar-refractivity contribution < 1.29 is 5.11 Å². The number of nitrogens with zero attached hydrogens (tertiary/aromatic N) is 2. The van der Waals surface area contributed by atoms with Gasteiger partial charge in [-0.25, -0.2) is 4.98 Å². The highest BCUT2D eigenvalue weighted by Crippen LogP contribution is 2.33. The average molecular weight is 257 g/mol. The number of rotatable bonds is 1. The van der Waals surface area contributed by atoms with Gasteiger partial charge < -0.3 is 5.11 Å². The van der Waals surface area contributed by atoms with Crippen molar-refractivity contribution in [2.24, 2.45) is 0 Å². The van der Waals surface area contributed by atoms with E-state index in [1.807, 2.05) is 6.07 Å². The molecule has 0 fully saturated rings. The summed E-state index contributed by atoms with van der Waals surface area (Å²) in [4.78, 5) is 8.64. The van der Waals surface area contributed by atoms with Crippen LogP contribution in [0.4, 0.5) is 0 Å². The predicted molar refractivity (Wildman–Crippen MR) is 54.7 cm³/mol. The molecular weight excluding hydrogens is 252 g/mol. The largest absolute Gasteiger partial charge is 0.486 e. The highest BCUT2D eigenvalue weighted by molar-refractivity contribution is 9.10. The van der Waals surface area contributed by atoms with Crippen LogP contribution in [0.15, 0.2) is 29.1 Å². The van der Waals surface area contributed by atoms with Crippen LogP contribution in [0.25, 0.3) is 10.4 Å². The molecule has 2 heterocycles. The third-order valence-corrected chi connectivity index (χ3v) is 3.00. The first-order valence-electron chi connectivity index (χ1n) is 3.52. The molecule has 0 aliphatic carbocycles. The zero-order valence-corrected chi connectivity index (χ0v) is 8.84. The van der Waals surface area contributed by atoms with E-state index in [1.54, 1.807) is 18.6 Å². The Hall–Kier alpha value is -0.940. The van der Waals surface area contributed by atoms with Crippen LogP contribution in [0.2, 0.25) is 0 Å². The number of pyridine rings is 1. The molecule has 66 valence electrons. The Morgan fingerprint density at radius 3 is 2.85 bits per heavy atom. The maximum Gasteiger partial charge on any atom is 0.271 e.